The number of benzene rings is 3. The van der Waals surface area contributed by atoms with Crippen molar-refractivity contribution in [2.75, 3.05) is 55.9 Å². The molecule has 2 aliphatic rings. The second-order valence-corrected chi connectivity index (χ2v) is 20.7. The number of aryl methyl sites for hydroxylation is 2. The fourth-order valence-corrected chi connectivity index (χ4v) is 10.0. The van der Waals surface area contributed by atoms with Crippen LogP contribution >= 0.6 is 23.6 Å². The second kappa shape index (κ2) is 23.5. The van der Waals surface area contributed by atoms with Crippen LogP contribution in [0.1, 0.15) is 96.0 Å². The first-order valence-electron chi connectivity index (χ1n) is 23.5. The summed E-state index contributed by atoms with van der Waals surface area (Å²) in [5.74, 6) is 0.899. The summed E-state index contributed by atoms with van der Waals surface area (Å²) in [6, 6.07) is 23.3. The van der Waals surface area contributed by atoms with Gasteiger partial charge in [-0.2, -0.15) is 5.26 Å². The molecule has 0 aliphatic carbocycles. The number of thiocarbonyl (C=S) groups is 1. The quantitative estimate of drug-likeness (QED) is 0.0371. The zero-order valence-electron chi connectivity index (χ0n) is 40.5. The average Bonchev–Trinajstić information content (AvgIpc) is 3.94. The molecule has 0 bridgehead atoms. The standard InChI is InChI=1S/C52H69N7O6S2/c1-35-27-44(48(61)54-30-38-13-15-39(16-14-38)47-37(3)55-34-67-47)57(31-35)32-45(51(4,5)6)56-46(60)33-64-25-12-24-63-23-10-9-11-26-65-43-21-19-41(20-22-43)59-50(66)58(49(62)52(59,7)8)42-18-17-40(29-53)36(2)28-42/h13-22,28,34-35,44-45,48,54,61H,9-12,23-27,30-33H2,1-8H3,(H,56,60)/t35-,44+,45-,48?/m1/s1. The zero-order valence-corrected chi connectivity index (χ0v) is 42.1. The summed E-state index contributed by atoms with van der Waals surface area (Å²) in [4.78, 5) is 37.9. The highest BCUT2D eigenvalue weighted by Gasteiger charge is 2.50. The lowest BCUT2D eigenvalue weighted by Gasteiger charge is -2.38. The van der Waals surface area contributed by atoms with Gasteiger partial charge in [-0.05, 0) is 143 Å². The minimum atomic E-state index is -0.898. The highest BCUT2D eigenvalue weighted by molar-refractivity contribution is 7.81. The van der Waals surface area contributed by atoms with E-state index in [-0.39, 0.29) is 35.9 Å². The minimum absolute atomic E-state index is 0.0117. The van der Waals surface area contributed by atoms with E-state index in [4.69, 9.17) is 26.4 Å². The van der Waals surface area contributed by atoms with Crippen molar-refractivity contribution < 1.29 is 28.9 Å². The predicted octanol–water partition coefficient (Wildman–Crippen LogP) is 8.54. The number of aromatic nitrogens is 1. The second-order valence-electron chi connectivity index (χ2n) is 19.5. The van der Waals surface area contributed by atoms with Crippen LogP contribution in [-0.2, 0) is 25.6 Å². The number of hydrogen-bond acceptors (Lipinski definition) is 12. The summed E-state index contributed by atoms with van der Waals surface area (Å²) in [7, 11) is 0. The van der Waals surface area contributed by atoms with Gasteiger partial charge in [-0.15, -0.1) is 11.3 Å². The molecule has 2 aliphatic heterocycles. The number of aliphatic hydroxyl groups is 1. The van der Waals surface area contributed by atoms with Gasteiger partial charge in [0.2, 0.25) is 5.91 Å². The molecule has 1 aromatic heterocycles. The van der Waals surface area contributed by atoms with Gasteiger partial charge < -0.3 is 29.5 Å². The Morgan fingerprint density at radius 3 is 2.34 bits per heavy atom. The van der Waals surface area contributed by atoms with Crippen LogP contribution in [0.2, 0.25) is 0 Å². The minimum Gasteiger partial charge on any atom is -0.494 e. The van der Waals surface area contributed by atoms with Crippen molar-refractivity contribution in [1.82, 2.24) is 20.5 Å². The molecular weight excluding hydrogens is 883 g/mol. The van der Waals surface area contributed by atoms with Gasteiger partial charge >= 0.3 is 0 Å². The number of aliphatic hydroxyl groups excluding tert-OH is 1. The van der Waals surface area contributed by atoms with E-state index in [1.165, 1.54) is 4.88 Å². The van der Waals surface area contributed by atoms with Crippen molar-refractivity contribution in [2.24, 2.45) is 11.3 Å². The van der Waals surface area contributed by atoms with Crippen LogP contribution < -0.4 is 25.2 Å². The summed E-state index contributed by atoms with van der Waals surface area (Å²) < 4.78 is 17.6. The molecule has 13 nitrogen and oxygen atoms in total. The van der Waals surface area contributed by atoms with Crippen LogP contribution in [0.5, 0.6) is 5.75 Å². The molecule has 1 unspecified atom stereocenters. The normalized spacial score (nSPS) is 18.3. The van der Waals surface area contributed by atoms with Crippen molar-refractivity contribution in [3.8, 4) is 22.3 Å². The van der Waals surface area contributed by atoms with Crippen LogP contribution in [0, 0.1) is 36.5 Å². The van der Waals surface area contributed by atoms with Gasteiger partial charge in [-0.25, -0.2) is 4.98 Å². The summed E-state index contributed by atoms with van der Waals surface area (Å²) in [5.41, 5.74) is 6.86. The molecule has 3 N–H and O–H groups in total. The fraction of sp³-hybridized carbons (Fsp3) is 0.519. The van der Waals surface area contributed by atoms with E-state index in [0.717, 1.165) is 66.0 Å². The lowest BCUT2D eigenvalue weighted by molar-refractivity contribution is -0.127. The molecule has 0 radical (unpaired) electrons. The number of likely N-dealkylation sites (tertiary alicyclic amines) is 1. The Morgan fingerprint density at radius 1 is 0.985 bits per heavy atom. The van der Waals surface area contributed by atoms with E-state index >= 15 is 0 Å². The Bertz CT molecular complexity index is 2320. The van der Waals surface area contributed by atoms with Gasteiger partial charge in [0.15, 0.2) is 5.11 Å². The van der Waals surface area contributed by atoms with Gasteiger partial charge in [-0.1, -0.05) is 52.0 Å². The van der Waals surface area contributed by atoms with Crippen molar-refractivity contribution >= 4 is 51.9 Å². The molecule has 0 spiro atoms. The summed E-state index contributed by atoms with van der Waals surface area (Å²) in [5, 5.41) is 27.7. The highest BCUT2D eigenvalue weighted by atomic mass is 32.1. The summed E-state index contributed by atoms with van der Waals surface area (Å²) >= 11 is 7.47. The van der Waals surface area contributed by atoms with E-state index in [1.807, 2.05) is 68.4 Å². The number of carbonyl (C=O) groups is 2. The molecular formula is C52H69N7O6S2. The molecule has 2 amide bonds. The lowest BCUT2D eigenvalue weighted by atomic mass is 9.86. The van der Waals surface area contributed by atoms with Crippen molar-refractivity contribution in [3.05, 3.63) is 94.6 Å². The van der Waals surface area contributed by atoms with Crippen molar-refractivity contribution in [3.63, 3.8) is 0 Å². The van der Waals surface area contributed by atoms with Gasteiger partial charge in [0.1, 0.15) is 24.1 Å². The van der Waals surface area contributed by atoms with E-state index in [2.05, 4.69) is 78.5 Å². The third-order valence-electron chi connectivity index (χ3n) is 12.7. The third-order valence-corrected chi connectivity index (χ3v) is 14.0. The van der Waals surface area contributed by atoms with E-state index in [1.54, 1.807) is 28.4 Å². The Morgan fingerprint density at radius 2 is 1.67 bits per heavy atom. The number of thiazole rings is 1. The number of amides is 2. The lowest BCUT2D eigenvalue weighted by Crippen LogP contribution is -2.55. The van der Waals surface area contributed by atoms with Gasteiger partial charge in [0, 0.05) is 57.2 Å². The maximum atomic E-state index is 13.6. The van der Waals surface area contributed by atoms with E-state index < -0.39 is 11.8 Å². The highest BCUT2D eigenvalue weighted by Crippen LogP contribution is 2.38. The van der Waals surface area contributed by atoms with E-state index in [0.29, 0.717) is 68.2 Å². The summed E-state index contributed by atoms with van der Waals surface area (Å²) in [6.45, 7) is 20.5. The monoisotopic (exact) mass is 951 g/mol. The Kier molecular flexibility index (Phi) is 18.1. The first-order chi connectivity index (χ1) is 32.0. The molecule has 360 valence electrons. The molecule has 3 heterocycles. The number of nitriles is 1. The molecule has 4 aromatic rings. The number of nitrogens with zero attached hydrogens (tertiary/aromatic N) is 5. The van der Waals surface area contributed by atoms with Crippen molar-refractivity contribution in [1.29, 1.82) is 5.26 Å². The number of rotatable bonds is 23. The third kappa shape index (κ3) is 13.5. The molecule has 2 fully saturated rings. The SMILES string of the molecule is Cc1cc(N2C(=O)C(C)(C)N(c3ccc(OCCCCCOCCCOCC(=O)N[C@H](CN4C[C@H](C)C[C@H]4C(O)NCc4ccc(-c5scnc5C)cc4)C(C)(C)C)cc3)C2=S)ccc1C#N. The van der Waals surface area contributed by atoms with Crippen LogP contribution in [0.3, 0.4) is 0 Å². The smallest absolute Gasteiger partial charge is 0.259 e. The first kappa shape index (κ1) is 51.6. The van der Waals surface area contributed by atoms with Gasteiger partial charge in [-0.3, -0.25) is 24.7 Å². The number of ether oxygens (including phenoxy) is 3. The van der Waals surface area contributed by atoms with Crippen LogP contribution in [0.4, 0.5) is 11.4 Å². The molecule has 15 heteroatoms. The topological polar surface area (TPSA) is 153 Å². The van der Waals surface area contributed by atoms with E-state index in [9.17, 15) is 20.0 Å². The molecule has 3 aromatic carbocycles. The summed E-state index contributed by atoms with van der Waals surface area (Å²) in [6.07, 6.45) is 3.63. The van der Waals surface area contributed by atoms with Crippen LogP contribution in [-0.4, -0.2) is 102 Å². The molecule has 67 heavy (non-hydrogen) atoms. The average molecular weight is 952 g/mol. The fourth-order valence-electron chi connectivity index (χ4n) is 8.69. The maximum Gasteiger partial charge on any atom is 0.259 e. The zero-order chi connectivity index (χ0) is 48.3. The molecule has 2 saturated heterocycles. The number of nitrogens with one attached hydrogen (secondary N) is 2. The Hall–Kier alpha value is -4.79. The number of anilines is 2. The molecule has 0 saturated carbocycles. The molecule has 6 rings (SSSR count). The molecule has 4 atom stereocenters. The largest absolute Gasteiger partial charge is 0.494 e. The Labute approximate surface area is 406 Å². The Balaban J connectivity index is 0.825. The van der Waals surface area contributed by atoms with Crippen molar-refractivity contribution in [2.45, 2.75) is 118 Å². The van der Waals surface area contributed by atoms with Gasteiger partial charge in [0.05, 0.1) is 40.0 Å². The predicted molar refractivity (Wildman–Crippen MR) is 270 cm³/mol. The number of unbranched alkanes of at least 4 members (excludes halogenated alkanes) is 2. The first-order valence-corrected chi connectivity index (χ1v) is 24.8. The van der Waals surface area contributed by atoms with Gasteiger partial charge in [0.25, 0.3) is 5.91 Å². The number of hydrogen-bond donors (Lipinski definition) is 3. The van der Waals surface area contributed by atoms with Crippen LogP contribution in [0.15, 0.2) is 72.2 Å². The van der Waals surface area contributed by atoms with Crippen LogP contribution in [0.25, 0.3) is 10.4 Å². The number of carbonyl (C=O) groups excluding carboxylic acids is 2. The maximum absolute atomic E-state index is 13.6.